The van der Waals surface area contributed by atoms with Gasteiger partial charge in [-0.3, -0.25) is 9.78 Å². The van der Waals surface area contributed by atoms with Gasteiger partial charge in [-0.25, -0.2) is 0 Å². The number of para-hydroxylation sites is 2. The van der Waals surface area contributed by atoms with E-state index in [0.717, 1.165) is 35.2 Å². The van der Waals surface area contributed by atoms with Gasteiger partial charge in [0.25, 0.3) is 0 Å². The summed E-state index contributed by atoms with van der Waals surface area (Å²) in [6.07, 6.45) is 3.94. The molecule has 146 valence electrons. The molecule has 0 bridgehead atoms. The maximum absolute atomic E-state index is 12.9. The van der Waals surface area contributed by atoms with Crippen LogP contribution in [-0.2, 0) is 0 Å². The molecule has 0 aliphatic heterocycles. The lowest BCUT2D eigenvalue weighted by Crippen LogP contribution is -2.08. The molecular formula is C23H26N2O3. The van der Waals surface area contributed by atoms with E-state index in [9.17, 15) is 4.79 Å². The Kier molecular flexibility index (Phi) is 6.61. The molecule has 0 radical (unpaired) electrons. The second-order valence-electron chi connectivity index (χ2n) is 6.74. The van der Waals surface area contributed by atoms with Crippen LogP contribution < -0.4 is 10.1 Å². The van der Waals surface area contributed by atoms with E-state index in [2.05, 4.69) is 17.2 Å². The molecule has 5 nitrogen and oxygen atoms in total. The third kappa shape index (κ3) is 4.31. The van der Waals surface area contributed by atoms with Crippen LogP contribution in [0, 0.1) is 6.92 Å². The number of anilines is 2. The van der Waals surface area contributed by atoms with Gasteiger partial charge >= 0.3 is 0 Å². The first kappa shape index (κ1) is 19.8. The molecule has 0 saturated carbocycles. The average Bonchev–Trinajstić information content (AvgIpc) is 2.72. The highest BCUT2D eigenvalue weighted by Crippen LogP contribution is 2.35. The number of Topliss-reactive ketones (excluding diaryl/α,β-unsaturated/α-hetero) is 1. The van der Waals surface area contributed by atoms with E-state index in [0.29, 0.717) is 23.3 Å². The number of hydrogen-bond donors (Lipinski definition) is 2. The van der Waals surface area contributed by atoms with Gasteiger partial charge in [-0.1, -0.05) is 43.7 Å². The Balaban J connectivity index is 2.13. The third-order valence-electron chi connectivity index (χ3n) is 4.67. The first-order valence-corrected chi connectivity index (χ1v) is 9.67. The molecule has 5 heteroatoms. The van der Waals surface area contributed by atoms with Crippen LogP contribution in [0.15, 0.2) is 48.7 Å². The summed E-state index contributed by atoms with van der Waals surface area (Å²) < 4.78 is 5.64. The summed E-state index contributed by atoms with van der Waals surface area (Å²) >= 11 is 0. The minimum Gasteiger partial charge on any atom is -0.489 e. The number of aryl methyl sites for hydroxylation is 1. The number of nitrogens with one attached hydrogen (secondary N) is 1. The summed E-state index contributed by atoms with van der Waals surface area (Å²) in [5.74, 6) is 0.668. The fourth-order valence-electron chi connectivity index (χ4n) is 3.13. The highest BCUT2D eigenvalue weighted by Gasteiger charge is 2.18. The molecule has 3 rings (SSSR count). The molecule has 0 fully saturated rings. The van der Waals surface area contributed by atoms with Crippen LogP contribution in [0.1, 0.15) is 42.1 Å². The van der Waals surface area contributed by atoms with E-state index >= 15 is 0 Å². The van der Waals surface area contributed by atoms with Crippen molar-refractivity contribution in [3.05, 3.63) is 59.8 Å². The number of hydrogen-bond acceptors (Lipinski definition) is 5. The minimum atomic E-state index is -0.0711. The lowest BCUT2D eigenvalue weighted by atomic mass is 10.0. The standard InChI is InChI=1S/C23H26N2O3/c1-3-4-11-20(27)18-15-24-23-17(9-7-12-21(23)28-14-13-26)22(18)25-19-10-6-5-8-16(19)2/h5-10,12,15,26H,3-4,11,13-14H2,1-2H3,(H,24,25). The van der Waals surface area contributed by atoms with Crippen LogP contribution in [0.4, 0.5) is 11.4 Å². The van der Waals surface area contributed by atoms with Crippen molar-refractivity contribution >= 4 is 28.1 Å². The van der Waals surface area contributed by atoms with E-state index in [1.165, 1.54) is 0 Å². The summed E-state index contributed by atoms with van der Waals surface area (Å²) in [6.45, 7) is 4.22. The molecule has 0 spiro atoms. The average molecular weight is 378 g/mol. The second kappa shape index (κ2) is 9.33. The van der Waals surface area contributed by atoms with Crippen LogP contribution in [0.3, 0.4) is 0 Å². The number of rotatable bonds is 9. The Hall–Kier alpha value is -2.92. The zero-order valence-corrected chi connectivity index (χ0v) is 16.4. The summed E-state index contributed by atoms with van der Waals surface area (Å²) in [5.41, 5.74) is 4.03. The molecule has 2 aromatic carbocycles. The quantitative estimate of drug-likeness (QED) is 0.511. The fourth-order valence-corrected chi connectivity index (χ4v) is 3.13. The van der Waals surface area contributed by atoms with Crippen molar-refractivity contribution in [2.75, 3.05) is 18.5 Å². The van der Waals surface area contributed by atoms with E-state index < -0.39 is 0 Å². The van der Waals surface area contributed by atoms with Gasteiger partial charge in [0.1, 0.15) is 17.9 Å². The van der Waals surface area contributed by atoms with Crippen molar-refractivity contribution in [2.24, 2.45) is 0 Å². The number of aliphatic hydroxyl groups excluding tert-OH is 1. The highest BCUT2D eigenvalue weighted by atomic mass is 16.5. The van der Waals surface area contributed by atoms with Crippen LogP contribution in [0.5, 0.6) is 5.75 Å². The van der Waals surface area contributed by atoms with Gasteiger partial charge in [0.05, 0.1) is 17.9 Å². The van der Waals surface area contributed by atoms with Crippen molar-refractivity contribution in [3.63, 3.8) is 0 Å². The van der Waals surface area contributed by atoms with E-state index in [1.54, 1.807) is 6.20 Å². The summed E-state index contributed by atoms with van der Waals surface area (Å²) in [6, 6.07) is 13.6. The maximum Gasteiger partial charge on any atom is 0.166 e. The van der Waals surface area contributed by atoms with Gasteiger partial charge in [0.15, 0.2) is 5.78 Å². The zero-order chi connectivity index (χ0) is 19.9. The number of fused-ring (bicyclic) bond motifs is 1. The van der Waals surface area contributed by atoms with Crippen molar-refractivity contribution in [1.82, 2.24) is 4.98 Å². The normalized spacial score (nSPS) is 10.8. The Labute approximate surface area is 165 Å². The Morgan fingerprint density at radius 2 is 2.00 bits per heavy atom. The smallest absolute Gasteiger partial charge is 0.166 e. The van der Waals surface area contributed by atoms with Gasteiger partial charge in [0.2, 0.25) is 0 Å². The summed E-state index contributed by atoms with van der Waals surface area (Å²) in [5, 5.41) is 13.4. The van der Waals surface area contributed by atoms with Gasteiger partial charge in [-0.15, -0.1) is 0 Å². The molecule has 0 aliphatic carbocycles. The molecule has 0 atom stereocenters. The number of carbonyl (C=O) groups excluding carboxylic acids is 1. The van der Waals surface area contributed by atoms with Gasteiger partial charge in [-0.2, -0.15) is 0 Å². The molecule has 0 saturated heterocycles. The fraction of sp³-hybridized carbons (Fsp3) is 0.304. The predicted octanol–water partition coefficient (Wildman–Crippen LogP) is 5.03. The molecular weight excluding hydrogens is 352 g/mol. The number of unbranched alkanes of at least 4 members (excludes halogenated alkanes) is 1. The molecule has 1 aromatic heterocycles. The van der Waals surface area contributed by atoms with Gasteiger partial charge in [-0.05, 0) is 31.0 Å². The minimum absolute atomic E-state index is 0.0711. The molecule has 1 heterocycles. The van der Waals surface area contributed by atoms with Crippen molar-refractivity contribution < 1.29 is 14.6 Å². The van der Waals surface area contributed by atoms with Crippen LogP contribution in [-0.4, -0.2) is 29.1 Å². The zero-order valence-electron chi connectivity index (χ0n) is 16.4. The van der Waals surface area contributed by atoms with Crippen LogP contribution in [0.2, 0.25) is 0 Å². The number of aromatic nitrogens is 1. The van der Waals surface area contributed by atoms with Crippen molar-refractivity contribution in [2.45, 2.75) is 33.1 Å². The molecule has 0 aliphatic rings. The van der Waals surface area contributed by atoms with E-state index in [4.69, 9.17) is 9.84 Å². The largest absolute Gasteiger partial charge is 0.489 e. The number of carbonyl (C=O) groups is 1. The Morgan fingerprint density at radius 1 is 1.18 bits per heavy atom. The Morgan fingerprint density at radius 3 is 2.75 bits per heavy atom. The third-order valence-corrected chi connectivity index (χ3v) is 4.67. The summed E-state index contributed by atoms with van der Waals surface area (Å²) in [4.78, 5) is 17.4. The maximum atomic E-state index is 12.9. The SMILES string of the molecule is CCCCC(=O)c1cnc2c(OCCO)cccc2c1Nc1ccccc1C. The number of pyridine rings is 1. The summed E-state index contributed by atoms with van der Waals surface area (Å²) in [7, 11) is 0. The van der Waals surface area contributed by atoms with Gasteiger partial charge < -0.3 is 15.2 Å². The predicted molar refractivity (Wildman–Crippen MR) is 113 cm³/mol. The lowest BCUT2D eigenvalue weighted by molar-refractivity contribution is 0.0980. The first-order chi connectivity index (χ1) is 13.7. The molecule has 0 unspecified atom stereocenters. The van der Waals surface area contributed by atoms with E-state index in [1.807, 2.05) is 49.4 Å². The number of aliphatic hydroxyl groups is 1. The molecule has 2 N–H and O–H groups in total. The number of ether oxygens (including phenoxy) is 1. The molecule has 3 aromatic rings. The van der Waals surface area contributed by atoms with Crippen LogP contribution in [0.25, 0.3) is 10.9 Å². The second-order valence-corrected chi connectivity index (χ2v) is 6.74. The van der Waals surface area contributed by atoms with Crippen LogP contribution >= 0.6 is 0 Å². The number of nitrogens with zero attached hydrogens (tertiary/aromatic N) is 1. The number of ketones is 1. The molecule has 0 amide bonds. The van der Waals surface area contributed by atoms with Crippen molar-refractivity contribution in [1.29, 1.82) is 0 Å². The van der Waals surface area contributed by atoms with E-state index in [-0.39, 0.29) is 19.0 Å². The monoisotopic (exact) mass is 378 g/mol. The molecule has 28 heavy (non-hydrogen) atoms. The van der Waals surface area contributed by atoms with Gasteiger partial charge in [0, 0.05) is 23.7 Å². The first-order valence-electron chi connectivity index (χ1n) is 9.67. The Bertz CT molecular complexity index is 969. The van der Waals surface area contributed by atoms with Crippen molar-refractivity contribution in [3.8, 4) is 5.75 Å². The topological polar surface area (TPSA) is 71.5 Å². The highest BCUT2D eigenvalue weighted by molar-refractivity contribution is 6.09. The number of benzene rings is 2. The lowest BCUT2D eigenvalue weighted by Gasteiger charge is -2.17.